The number of benzene rings is 1. The van der Waals surface area contributed by atoms with Crippen molar-refractivity contribution in [2.24, 2.45) is 5.92 Å². The van der Waals surface area contributed by atoms with Crippen LogP contribution in [0, 0.1) is 5.92 Å². The summed E-state index contributed by atoms with van der Waals surface area (Å²) in [7, 11) is 0. The van der Waals surface area contributed by atoms with Crippen molar-refractivity contribution in [2.45, 2.75) is 26.3 Å². The second kappa shape index (κ2) is 5.40. The van der Waals surface area contributed by atoms with Crippen molar-refractivity contribution in [1.29, 1.82) is 0 Å². The molecule has 0 radical (unpaired) electrons. The third-order valence-corrected chi connectivity index (χ3v) is 3.52. The predicted molar refractivity (Wildman–Crippen MR) is 74.0 cm³/mol. The SMILES string of the molecule is CC1CC(C)N(C(=O)Nc2ccc(O)c(C(=O)O)c2)C1. The van der Waals surface area contributed by atoms with Gasteiger partial charge in [0.25, 0.3) is 0 Å². The standard InChI is InChI=1S/C14H18N2O4/c1-8-5-9(2)16(7-8)14(20)15-10-3-4-12(17)11(6-10)13(18)19/h3-4,6,8-9,17H,5,7H2,1-2H3,(H,15,20)(H,18,19). The van der Waals surface area contributed by atoms with E-state index in [0.29, 0.717) is 18.2 Å². The second-order valence-corrected chi connectivity index (χ2v) is 5.31. The number of likely N-dealkylation sites (tertiary alicyclic amines) is 1. The van der Waals surface area contributed by atoms with Crippen molar-refractivity contribution in [3.05, 3.63) is 23.8 Å². The van der Waals surface area contributed by atoms with Gasteiger partial charge in [0.15, 0.2) is 0 Å². The Kier molecular flexibility index (Phi) is 3.83. The smallest absolute Gasteiger partial charge is 0.339 e. The average molecular weight is 278 g/mol. The van der Waals surface area contributed by atoms with Crippen LogP contribution in [0.1, 0.15) is 30.6 Å². The van der Waals surface area contributed by atoms with Gasteiger partial charge in [-0.3, -0.25) is 0 Å². The molecule has 6 nitrogen and oxygen atoms in total. The minimum absolute atomic E-state index is 0.168. The summed E-state index contributed by atoms with van der Waals surface area (Å²) in [5.74, 6) is -1.09. The highest BCUT2D eigenvalue weighted by Crippen LogP contribution is 2.25. The van der Waals surface area contributed by atoms with Crippen LogP contribution in [-0.2, 0) is 0 Å². The molecule has 3 N–H and O–H groups in total. The summed E-state index contributed by atoms with van der Waals surface area (Å²) in [6, 6.07) is 3.91. The normalized spacial score (nSPS) is 21.8. The lowest BCUT2D eigenvalue weighted by molar-refractivity contribution is 0.0693. The number of hydrogen-bond acceptors (Lipinski definition) is 3. The van der Waals surface area contributed by atoms with E-state index in [1.165, 1.54) is 18.2 Å². The number of carbonyl (C=O) groups excluding carboxylic acids is 1. The molecule has 2 unspecified atom stereocenters. The zero-order valence-corrected chi connectivity index (χ0v) is 11.5. The Balaban J connectivity index is 2.12. The second-order valence-electron chi connectivity index (χ2n) is 5.31. The van der Waals surface area contributed by atoms with Gasteiger partial charge in [-0.25, -0.2) is 9.59 Å². The number of carbonyl (C=O) groups is 2. The number of nitrogens with zero attached hydrogens (tertiary/aromatic N) is 1. The zero-order chi connectivity index (χ0) is 14.9. The lowest BCUT2D eigenvalue weighted by Gasteiger charge is -2.22. The van der Waals surface area contributed by atoms with Crippen molar-refractivity contribution in [3.63, 3.8) is 0 Å². The van der Waals surface area contributed by atoms with Crippen molar-refractivity contribution in [2.75, 3.05) is 11.9 Å². The first-order chi connectivity index (χ1) is 9.38. The van der Waals surface area contributed by atoms with E-state index in [1.807, 2.05) is 6.92 Å². The van der Waals surface area contributed by atoms with Crippen molar-refractivity contribution in [3.8, 4) is 5.75 Å². The summed E-state index contributed by atoms with van der Waals surface area (Å²) in [6.45, 7) is 4.77. The molecule has 1 aromatic rings. The number of amides is 2. The Morgan fingerprint density at radius 2 is 2.05 bits per heavy atom. The summed E-state index contributed by atoms with van der Waals surface area (Å²) in [5.41, 5.74) is 0.127. The lowest BCUT2D eigenvalue weighted by atomic mass is 10.1. The Morgan fingerprint density at radius 1 is 1.35 bits per heavy atom. The molecule has 20 heavy (non-hydrogen) atoms. The van der Waals surface area contributed by atoms with Crippen LogP contribution in [0.2, 0.25) is 0 Å². The maximum atomic E-state index is 12.1. The molecule has 0 aromatic heterocycles. The van der Waals surface area contributed by atoms with Crippen molar-refractivity contribution < 1.29 is 19.8 Å². The van der Waals surface area contributed by atoms with E-state index < -0.39 is 5.97 Å². The zero-order valence-electron chi connectivity index (χ0n) is 11.5. The molecule has 108 valence electrons. The summed E-state index contributed by atoms with van der Waals surface area (Å²) >= 11 is 0. The van der Waals surface area contributed by atoms with Gasteiger partial charge in [0.05, 0.1) is 0 Å². The number of nitrogens with one attached hydrogen (secondary N) is 1. The van der Waals surface area contributed by atoms with Gasteiger partial charge in [0, 0.05) is 18.3 Å². The van der Waals surface area contributed by atoms with E-state index in [-0.39, 0.29) is 23.4 Å². The van der Waals surface area contributed by atoms with Gasteiger partial charge in [0.1, 0.15) is 11.3 Å². The summed E-state index contributed by atoms with van der Waals surface area (Å²) in [5, 5.41) is 21.0. The fraction of sp³-hybridized carbons (Fsp3) is 0.429. The van der Waals surface area contributed by atoms with Gasteiger partial charge < -0.3 is 20.4 Å². The Bertz CT molecular complexity index is 544. The lowest BCUT2D eigenvalue weighted by Crippen LogP contribution is -2.37. The Hall–Kier alpha value is -2.24. The van der Waals surface area contributed by atoms with Crippen LogP contribution in [0.15, 0.2) is 18.2 Å². The van der Waals surface area contributed by atoms with Crippen LogP contribution in [0.25, 0.3) is 0 Å². The molecule has 0 spiro atoms. The summed E-state index contributed by atoms with van der Waals surface area (Å²) in [4.78, 5) is 24.8. The first-order valence-electron chi connectivity index (χ1n) is 6.52. The van der Waals surface area contributed by atoms with Gasteiger partial charge in [-0.15, -0.1) is 0 Å². The number of anilines is 1. The number of aromatic hydroxyl groups is 1. The van der Waals surface area contributed by atoms with Gasteiger partial charge in [-0.05, 0) is 37.5 Å². The molecule has 0 saturated carbocycles. The van der Waals surface area contributed by atoms with Crippen LogP contribution >= 0.6 is 0 Å². The van der Waals surface area contributed by atoms with E-state index in [2.05, 4.69) is 12.2 Å². The van der Waals surface area contributed by atoms with Crippen LogP contribution < -0.4 is 5.32 Å². The quantitative estimate of drug-likeness (QED) is 0.724. The van der Waals surface area contributed by atoms with Gasteiger partial charge in [-0.1, -0.05) is 6.92 Å². The van der Waals surface area contributed by atoms with E-state index in [0.717, 1.165) is 6.42 Å². The van der Waals surface area contributed by atoms with Crippen LogP contribution in [0.3, 0.4) is 0 Å². The van der Waals surface area contributed by atoms with Crippen molar-refractivity contribution >= 4 is 17.7 Å². The molecule has 2 rings (SSSR count). The van der Waals surface area contributed by atoms with E-state index in [4.69, 9.17) is 5.11 Å². The highest BCUT2D eigenvalue weighted by Gasteiger charge is 2.30. The summed E-state index contributed by atoms with van der Waals surface area (Å²) in [6.07, 6.45) is 0.962. The first-order valence-corrected chi connectivity index (χ1v) is 6.52. The molecule has 2 amide bonds. The number of carboxylic acids is 1. The minimum atomic E-state index is -1.23. The van der Waals surface area contributed by atoms with Crippen molar-refractivity contribution in [1.82, 2.24) is 4.90 Å². The molecular formula is C14H18N2O4. The number of aromatic carboxylic acids is 1. The largest absolute Gasteiger partial charge is 0.507 e. The molecule has 1 heterocycles. The Morgan fingerprint density at radius 3 is 2.60 bits per heavy atom. The summed E-state index contributed by atoms with van der Waals surface area (Å²) < 4.78 is 0. The van der Waals surface area contributed by atoms with Gasteiger partial charge >= 0.3 is 12.0 Å². The number of phenols is 1. The van der Waals surface area contributed by atoms with Crippen LogP contribution in [0.5, 0.6) is 5.75 Å². The third kappa shape index (κ3) is 2.84. The molecule has 1 fully saturated rings. The fourth-order valence-corrected chi connectivity index (χ4v) is 2.56. The highest BCUT2D eigenvalue weighted by atomic mass is 16.4. The predicted octanol–water partition coefficient (Wildman–Crippen LogP) is 2.35. The maximum absolute atomic E-state index is 12.1. The Labute approximate surface area is 117 Å². The van der Waals surface area contributed by atoms with Crippen LogP contribution in [0.4, 0.5) is 10.5 Å². The number of rotatable bonds is 2. The molecule has 1 aliphatic heterocycles. The topological polar surface area (TPSA) is 89.9 Å². The van der Waals surface area contributed by atoms with E-state index >= 15 is 0 Å². The number of carboxylic acid groups (broad SMARTS) is 1. The average Bonchev–Trinajstić information content (AvgIpc) is 2.70. The third-order valence-electron chi connectivity index (χ3n) is 3.52. The van der Waals surface area contributed by atoms with Gasteiger partial charge in [0.2, 0.25) is 0 Å². The molecule has 1 saturated heterocycles. The minimum Gasteiger partial charge on any atom is -0.507 e. The molecule has 1 aromatic carbocycles. The molecule has 6 heteroatoms. The number of hydrogen-bond donors (Lipinski definition) is 3. The monoisotopic (exact) mass is 278 g/mol. The molecule has 0 aliphatic carbocycles. The maximum Gasteiger partial charge on any atom is 0.339 e. The molecule has 0 bridgehead atoms. The molecular weight excluding hydrogens is 260 g/mol. The molecule has 1 aliphatic rings. The number of urea groups is 1. The fourth-order valence-electron chi connectivity index (χ4n) is 2.56. The highest BCUT2D eigenvalue weighted by molar-refractivity contribution is 5.95. The first kappa shape index (κ1) is 14.2. The van der Waals surface area contributed by atoms with Crippen LogP contribution in [-0.4, -0.2) is 39.7 Å². The molecule has 2 atom stereocenters. The van der Waals surface area contributed by atoms with Gasteiger partial charge in [-0.2, -0.15) is 0 Å². The van der Waals surface area contributed by atoms with E-state index in [1.54, 1.807) is 4.90 Å². The van der Waals surface area contributed by atoms with E-state index in [9.17, 15) is 14.7 Å².